The fraction of sp³-hybridized carbons (Fsp3) is 0.444. The van der Waals surface area contributed by atoms with Crippen LogP contribution >= 0.6 is 0 Å². The lowest BCUT2D eigenvalue weighted by atomic mass is 10.1. The molecule has 5 heteroatoms. The van der Waals surface area contributed by atoms with E-state index < -0.39 is 5.97 Å². The molecule has 2 aliphatic heterocycles. The summed E-state index contributed by atoms with van der Waals surface area (Å²) in [7, 11) is 1.30. The monoisotopic (exact) mass is 196 g/mol. The zero-order valence-corrected chi connectivity index (χ0v) is 7.78. The van der Waals surface area contributed by atoms with E-state index in [9.17, 15) is 9.70 Å². The number of hydrogen-bond donors (Lipinski definition) is 0. The molecule has 0 bridgehead atoms. The highest BCUT2D eigenvalue weighted by Gasteiger charge is 2.35. The van der Waals surface area contributed by atoms with Crippen molar-refractivity contribution in [3.63, 3.8) is 0 Å². The van der Waals surface area contributed by atoms with E-state index >= 15 is 0 Å². The predicted molar refractivity (Wildman–Crippen MR) is 46.4 cm³/mol. The summed E-state index contributed by atoms with van der Waals surface area (Å²) in [6, 6.07) is 0. The molecule has 2 rings (SSSR count). The van der Waals surface area contributed by atoms with Crippen LogP contribution in [0.2, 0.25) is 0 Å². The van der Waals surface area contributed by atoms with Crippen LogP contribution in [-0.2, 0) is 14.3 Å². The largest absolute Gasteiger partial charge is 0.465 e. The van der Waals surface area contributed by atoms with Gasteiger partial charge in [0.15, 0.2) is 0 Å². The van der Waals surface area contributed by atoms with Crippen molar-refractivity contribution in [2.75, 3.05) is 26.9 Å². The van der Waals surface area contributed by atoms with Crippen LogP contribution in [-0.4, -0.2) is 37.6 Å². The number of carbonyl (C=O) groups excluding carboxylic acids is 1. The fourth-order valence-electron chi connectivity index (χ4n) is 1.55. The van der Waals surface area contributed by atoms with Crippen molar-refractivity contribution in [3.05, 3.63) is 27.8 Å². The minimum atomic E-state index is -0.454. The third kappa shape index (κ3) is 1.35. The molecular formula is C9H10NO4+. The van der Waals surface area contributed by atoms with E-state index in [1.54, 1.807) is 6.08 Å². The van der Waals surface area contributed by atoms with Gasteiger partial charge in [-0.3, -0.25) is 0 Å². The first-order chi connectivity index (χ1) is 6.72. The van der Waals surface area contributed by atoms with E-state index in [0.29, 0.717) is 24.5 Å². The molecule has 74 valence electrons. The number of rotatable bonds is 1. The lowest BCUT2D eigenvalue weighted by Gasteiger charge is -2.05. The van der Waals surface area contributed by atoms with Gasteiger partial charge in [-0.05, 0) is 6.08 Å². The standard InChI is InChI=1S/C9H10NO4/c1-13-9(11)6-2-7-4-14-5-8(7)10(12)3-6/h2H,3-5H2,1H3/q+1. The maximum absolute atomic E-state index is 11.4. The van der Waals surface area contributed by atoms with Crippen LogP contribution in [0.3, 0.4) is 0 Å². The summed E-state index contributed by atoms with van der Waals surface area (Å²) < 4.78 is 10.4. The van der Waals surface area contributed by atoms with E-state index in [2.05, 4.69) is 4.74 Å². The van der Waals surface area contributed by atoms with Crippen LogP contribution in [0, 0.1) is 4.91 Å². The molecule has 0 aromatic rings. The van der Waals surface area contributed by atoms with Crippen LogP contribution in [0.25, 0.3) is 0 Å². The zero-order chi connectivity index (χ0) is 10.1. The molecule has 0 fully saturated rings. The summed E-state index contributed by atoms with van der Waals surface area (Å²) >= 11 is 0. The molecule has 0 spiro atoms. The quantitative estimate of drug-likeness (QED) is 0.443. The van der Waals surface area contributed by atoms with Gasteiger partial charge in [0.1, 0.15) is 12.2 Å². The number of hydrogen-bond acceptors (Lipinski definition) is 4. The van der Waals surface area contributed by atoms with Gasteiger partial charge >= 0.3 is 5.97 Å². The minimum absolute atomic E-state index is 0.0505. The zero-order valence-electron chi connectivity index (χ0n) is 7.78. The van der Waals surface area contributed by atoms with E-state index in [1.807, 2.05) is 0 Å². The Balaban J connectivity index is 2.31. The second-order valence-electron chi connectivity index (χ2n) is 3.16. The maximum atomic E-state index is 11.4. The van der Waals surface area contributed by atoms with Gasteiger partial charge in [-0.15, -0.1) is 0 Å². The Morgan fingerprint density at radius 1 is 1.57 bits per heavy atom. The number of methoxy groups -OCH3 is 1. The summed E-state index contributed by atoms with van der Waals surface area (Å²) in [5.41, 5.74) is 1.79. The summed E-state index contributed by atoms with van der Waals surface area (Å²) in [5.74, 6) is -0.454. The molecule has 0 unspecified atom stereocenters. The van der Waals surface area contributed by atoms with E-state index in [1.165, 1.54) is 7.11 Å². The molecule has 0 saturated heterocycles. The van der Waals surface area contributed by atoms with Crippen molar-refractivity contribution in [1.29, 1.82) is 0 Å². The Morgan fingerprint density at radius 2 is 2.36 bits per heavy atom. The molecule has 2 aliphatic rings. The highest BCUT2D eigenvalue weighted by atomic mass is 16.5. The minimum Gasteiger partial charge on any atom is -0.465 e. The lowest BCUT2D eigenvalue weighted by molar-refractivity contribution is -0.494. The predicted octanol–water partition coefficient (Wildman–Crippen LogP) is 0.163. The summed E-state index contributed by atoms with van der Waals surface area (Å²) in [6.07, 6.45) is 1.68. The van der Waals surface area contributed by atoms with Gasteiger partial charge in [0.25, 0.3) is 5.70 Å². The van der Waals surface area contributed by atoms with Crippen molar-refractivity contribution in [3.8, 4) is 0 Å². The molecule has 14 heavy (non-hydrogen) atoms. The van der Waals surface area contributed by atoms with E-state index in [-0.39, 0.29) is 6.54 Å². The fourth-order valence-corrected chi connectivity index (χ4v) is 1.55. The summed E-state index contributed by atoms with van der Waals surface area (Å²) in [6.45, 7) is 0.785. The molecule has 2 heterocycles. The van der Waals surface area contributed by atoms with Gasteiger partial charge in [0.05, 0.1) is 19.3 Å². The van der Waals surface area contributed by atoms with Crippen LogP contribution in [0.1, 0.15) is 0 Å². The van der Waals surface area contributed by atoms with Gasteiger partial charge < -0.3 is 9.47 Å². The van der Waals surface area contributed by atoms with Crippen LogP contribution < -0.4 is 0 Å². The topological polar surface area (TPSA) is 55.6 Å². The maximum Gasteiger partial charge on any atom is 0.340 e. The Labute approximate surface area is 80.6 Å². The van der Waals surface area contributed by atoms with Gasteiger partial charge in [-0.25, -0.2) is 4.79 Å². The van der Waals surface area contributed by atoms with Gasteiger partial charge in [-0.1, -0.05) is 0 Å². The Morgan fingerprint density at radius 3 is 3.07 bits per heavy atom. The third-order valence-corrected chi connectivity index (χ3v) is 2.28. The van der Waals surface area contributed by atoms with Gasteiger partial charge in [-0.2, -0.15) is 0 Å². The SMILES string of the molecule is COC(=O)C1=CC2=C(COC2)[N+](=O)C1. The van der Waals surface area contributed by atoms with E-state index in [0.717, 1.165) is 10.3 Å². The van der Waals surface area contributed by atoms with Crippen LogP contribution in [0.15, 0.2) is 22.9 Å². The molecule has 0 saturated carbocycles. The highest BCUT2D eigenvalue weighted by Crippen LogP contribution is 2.23. The normalized spacial score (nSPS) is 20.6. The Kier molecular flexibility index (Phi) is 2.17. The molecule has 0 aromatic heterocycles. The summed E-state index contributed by atoms with van der Waals surface area (Å²) in [4.78, 5) is 22.6. The smallest absolute Gasteiger partial charge is 0.340 e. The average Bonchev–Trinajstić information content (AvgIpc) is 2.64. The van der Waals surface area contributed by atoms with Crippen molar-refractivity contribution in [1.82, 2.24) is 0 Å². The number of nitrogens with zero attached hydrogens (tertiary/aromatic N) is 1. The van der Waals surface area contributed by atoms with Crippen LogP contribution in [0.4, 0.5) is 0 Å². The molecule has 0 aliphatic carbocycles. The van der Waals surface area contributed by atoms with Gasteiger partial charge in [0.2, 0.25) is 6.54 Å². The van der Waals surface area contributed by atoms with E-state index in [4.69, 9.17) is 4.74 Å². The number of carbonyl (C=O) groups is 1. The van der Waals surface area contributed by atoms with Crippen molar-refractivity contribution < 1.29 is 19.0 Å². The van der Waals surface area contributed by atoms with Crippen molar-refractivity contribution >= 4 is 5.97 Å². The molecule has 0 amide bonds. The highest BCUT2D eigenvalue weighted by molar-refractivity contribution is 5.89. The molecule has 0 radical (unpaired) electrons. The van der Waals surface area contributed by atoms with Crippen molar-refractivity contribution in [2.45, 2.75) is 0 Å². The van der Waals surface area contributed by atoms with Crippen molar-refractivity contribution in [2.24, 2.45) is 0 Å². The first-order valence-electron chi connectivity index (χ1n) is 4.25. The second-order valence-corrected chi connectivity index (χ2v) is 3.16. The molecule has 0 aromatic carbocycles. The summed E-state index contributed by atoms with van der Waals surface area (Å²) in [5, 5.41) is 0. The average molecular weight is 196 g/mol. The molecule has 0 N–H and O–H groups in total. The Hall–Kier alpha value is -1.49. The molecule has 5 nitrogen and oxygen atoms in total. The number of nitroso groups, excluding NO2 is 1. The number of esters is 1. The lowest BCUT2D eigenvalue weighted by Crippen LogP contribution is -2.22. The van der Waals surface area contributed by atoms with Gasteiger partial charge in [0, 0.05) is 9.67 Å². The second kappa shape index (κ2) is 3.34. The first-order valence-corrected chi connectivity index (χ1v) is 4.25. The molecular weight excluding hydrogens is 186 g/mol. The number of ether oxygens (including phenoxy) is 2. The Bertz CT molecular complexity index is 367. The first kappa shape index (κ1) is 9.08. The molecule has 0 atom stereocenters. The van der Waals surface area contributed by atoms with Crippen LogP contribution in [0.5, 0.6) is 0 Å². The third-order valence-electron chi connectivity index (χ3n) is 2.28.